The van der Waals surface area contributed by atoms with Gasteiger partial charge in [0.25, 0.3) is 0 Å². The van der Waals surface area contributed by atoms with E-state index in [2.05, 4.69) is 6.92 Å². The molecule has 1 unspecified atom stereocenters. The van der Waals surface area contributed by atoms with E-state index in [0.29, 0.717) is 5.56 Å². The number of nitro benzene ring substituents is 1. The third kappa shape index (κ3) is 2.02. The minimum atomic E-state index is -0.811. The number of halogens is 1. The zero-order valence-corrected chi connectivity index (χ0v) is 7.16. The van der Waals surface area contributed by atoms with E-state index in [1.807, 2.05) is 0 Å². The van der Waals surface area contributed by atoms with Crippen LogP contribution < -0.4 is 0 Å². The molecule has 0 amide bonds. The van der Waals surface area contributed by atoms with Crippen molar-refractivity contribution < 1.29 is 9.31 Å². The van der Waals surface area contributed by atoms with Crippen molar-refractivity contribution in [2.75, 3.05) is 0 Å². The lowest BCUT2D eigenvalue weighted by Gasteiger charge is -2.03. The Bertz CT molecular complexity index is 336. The molecule has 69 valence electrons. The van der Waals surface area contributed by atoms with Crippen LogP contribution in [0.15, 0.2) is 18.2 Å². The summed E-state index contributed by atoms with van der Waals surface area (Å²) >= 11 is 0. The quantitative estimate of drug-likeness (QED) is 0.521. The van der Waals surface area contributed by atoms with Crippen molar-refractivity contribution in [3.8, 4) is 0 Å². The number of hydrogen-bond donors (Lipinski definition) is 0. The molecular weight excluding hydrogens is 173 g/mol. The predicted octanol–water partition coefficient (Wildman–Crippen LogP) is 2.67. The number of rotatable bonds is 2. The molecule has 0 saturated heterocycles. The van der Waals surface area contributed by atoms with Gasteiger partial charge in [0.15, 0.2) is 0 Å². The summed E-state index contributed by atoms with van der Waals surface area (Å²) in [4.78, 5) is 9.61. The van der Waals surface area contributed by atoms with Crippen molar-refractivity contribution in [2.45, 2.75) is 12.8 Å². The molecule has 1 radical (unpaired) electrons. The molecule has 13 heavy (non-hydrogen) atoms. The van der Waals surface area contributed by atoms with Gasteiger partial charge in [-0.05, 0) is 24.5 Å². The van der Waals surface area contributed by atoms with Gasteiger partial charge in [0.05, 0.1) is 4.92 Å². The summed E-state index contributed by atoms with van der Waals surface area (Å²) in [6.45, 7) is 5.48. The molecule has 1 aromatic carbocycles. The van der Waals surface area contributed by atoms with Gasteiger partial charge in [-0.15, -0.1) is 0 Å². The molecule has 0 aliphatic heterocycles. The van der Waals surface area contributed by atoms with Crippen LogP contribution >= 0.6 is 0 Å². The van der Waals surface area contributed by atoms with Crippen molar-refractivity contribution >= 4 is 5.69 Å². The van der Waals surface area contributed by atoms with Gasteiger partial charge in [-0.25, -0.2) is 0 Å². The summed E-state index contributed by atoms with van der Waals surface area (Å²) < 4.78 is 12.8. The number of nitrogens with zero attached hydrogens (tertiary/aromatic N) is 1. The van der Waals surface area contributed by atoms with Crippen LogP contribution in [0.3, 0.4) is 0 Å². The molecule has 3 nitrogen and oxygen atoms in total. The Morgan fingerprint density at radius 2 is 2.23 bits per heavy atom. The van der Waals surface area contributed by atoms with Crippen LogP contribution in [0.1, 0.15) is 18.4 Å². The monoisotopic (exact) mass is 182 g/mol. The van der Waals surface area contributed by atoms with Crippen molar-refractivity contribution in [1.82, 2.24) is 0 Å². The first-order valence-electron chi connectivity index (χ1n) is 3.79. The average Bonchev–Trinajstić information content (AvgIpc) is 2.04. The molecule has 1 atom stereocenters. The van der Waals surface area contributed by atoms with Gasteiger partial charge < -0.3 is 0 Å². The second kappa shape index (κ2) is 3.51. The van der Waals surface area contributed by atoms with Crippen molar-refractivity contribution in [3.63, 3.8) is 0 Å². The van der Waals surface area contributed by atoms with E-state index >= 15 is 0 Å². The Morgan fingerprint density at radius 1 is 1.62 bits per heavy atom. The maximum absolute atomic E-state index is 12.8. The molecular formula is C9H9FNO2. The minimum Gasteiger partial charge on any atom is -0.258 e. The Hall–Kier alpha value is -1.45. The third-order valence-corrected chi connectivity index (χ3v) is 1.74. The molecule has 0 heterocycles. The van der Waals surface area contributed by atoms with Crippen molar-refractivity contribution in [1.29, 1.82) is 0 Å². The summed E-state index contributed by atoms with van der Waals surface area (Å²) in [5, 5.41) is 10.3. The summed E-state index contributed by atoms with van der Waals surface area (Å²) in [5.41, 5.74) is 0.168. The highest BCUT2D eigenvalue weighted by atomic mass is 19.1. The second-order valence-electron chi connectivity index (χ2n) is 2.87. The van der Waals surface area contributed by atoms with Crippen LogP contribution in [0.2, 0.25) is 0 Å². The van der Waals surface area contributed by atoms with E-state index in [0.717, 1.165) is 6.07 Å². The molecule has 0 saturated carbocycles. The van der Waals surface area contributed by atoms with Gasteiger partial charge in [0, 0.05) is 6.07 Å². The Labute approximate surface area is 75.3 Å². The molecule has 0 aliphatic rings. The second-order valence-corrected chi connectivity index (χ2v) is 2.87. The van der Waals surface area contributed by atoms with Gasteiger partial charge >= 0.3 is 5.69 Å². The van der Waals surface area contributed by atoms with E-state index in [-0.39, 0.29) is 5.92 Å². The molecule has 0 fully saturated rings. The van der Waals surface area contributed by atoms with Crippen LogP contribution in [-0.4, -0.2) is 4.92 Å². The minimum absolute atomic E-state index is 0.0840. The van der Waals surface area contributed by atoms with E-state index < -0.39 is 16.4 Å². The van der Waals surface area contributed by atoms with Crippen LogP contribution in [0.4, 0.5) is 10.1 Å². The Kier molecular flexibility index (Phi) is 2.60. The smallest absolute Gasteiger partial charge is 0.258 e. The van der Waals surface area contributed by atoms with Gasteiger partial charge in [0.1, 0.15) is 0 Å². The van der Waals surface area contributed by atoms with Crippen molar-refractivity contribution in [3.05, 3.63) is 46.6 Å². The molecule has 0 aromatic heterocycles. The molecule has 0 bridgehead atoms. The summed E-state index contributed by atoms with van der Waals surface area (Å²) in [6, 6.07) is 3.81. The SMILES string of the molecule is [CH2]C(C)c1ccc(F)c([N+](=O)[O-])c1. The number of hydrogen-bond acceptors (Lipinski definition) is 2. The molecule has 1 aromatic rings. The molecule has 4 heteroatoms. The zero-order valence-electron chi connectivity index (χ0n) is 7.16. The maximum Gasteiger partial charge on any atom is 0.305 e. The standard InChI is InChI=1S/C9H9FNO2/c1-6(2)7-3-4-8(10)9(5-7)11(12)13/h3-6H,1H2,2H3. The predicted molar refractivity (Wildman–Crippen MR) is 46.8 cm³/mol. The normalized spacial score (nSPS) is 10.5. The Balaban J connectivity index is 3.19. The van der Waals surface area contributed by atoms with E-state index in [9.17, 15) is 14.5 Å². The van der Waals surface area contributed by atoms with Crippen LogP contribution in [-0.2, 0) is 0 Å². The van der Waals surface area contributed by atoms with Gasteiger partial charge in [0.2, 0.25) is 5.82 Å². The first-order valence-corrected chi connectivity index (χ1v) is 3.79. The maximum atomic E-state index is 12.8. The largest absolute Gasteiger partial charge is 0.305 e. The molecule has 0 aliphatic carbocycles. The van der Waals surface area contributed by atoms with Crippen LogP contribution in [0.25, 0.3) is 0 Å². The van der Waals surface area contributed by atoms with Crippen LogP contribution in [0.5, 0.6) is 0 Å². The van der Waals surface area contributed by atoms with Crippen molar-refractivity contribution in [2.24, 2.45) is 0 Å². The zero-order chi connectivity index (χ0) is 10.0. The Morgan fingerprint density at radius 3 is 2.69 bits per heavy atom. The topological polar surface area (TPSA) is 43.1 Å². The lowest BCUT2D eigenvalue weighted by molar-refractivity contribution is -0.387. The molecule has 0 spiro atoms. The lowest BCUT2D eigenvalue weighted by Crippen LogP contribution is -1.95. The fraction of sp³-hybridized carbons (Fsp3) is 0.222. The van der Waals surface area contributed by atoms with Gasteiger partial charge in [-0.3, -0.25) is 10.1 Å². The number of nitro groups is 1. The van der Waals surface area contributed by atoms with Gasteiger partial charge in [-0.2, -0.15) is 4.39 Å². The van der Waals surface area contributed by atoms with Gasteiger partial charge in [-0.1, -0.05) is 13.0 Å². The fourth-order valence-electron chi connectivity index (χ4n) is 0.976. The summed E-state index contributed by atoms with van der Waals surface area (Å²) in [7, 11) is 0. The van der Waals surface area contributed by atoms with E-state index in [4.69, 9.17) is 0 Å². The highest BCUT2D eigenvalue weighted by Crippen LogP contribution is 2.22. The first kappa shape index (κ1) is 9.64. The highest BCUT2D eigenvalue weighted by molar-refractivity contribution is 5.37. The van der Waals surface area contributed by atoms with Crippen LogP contribution in [0, 0.1) is 22.9 Å². The summed E-state index contributed by atoms with van der Waals surface area (Å²) in [6.07, 6.45) is 0. The highest BCUT2D eigenvalue weighted by Gasteiger charge is 2.14. The van der Waals surface area contributed by atoms with E-state index in [1.165, 1.54) is 12.1 Å². The number of benzene rings is 1. The average molecular weight is 182 g/mol. The molecule has 0 N–H and O–H groups in total. The lowest BCUT2D eigenvalue weighted by atomic mass is 10.0. The summed E-state index contributed by atoms with van der Waals surface area (Å²) in [5.74, 6) is -0.895. The third-order valence-electron chi connectivity index (χ3n) is 1.74. The van der Waals surface area contributed by atoms with E-state index in [1.54, 1.807) is 6.92 Å². The fourth-order valence-corrected chi connectivity index (χ4v) is 0.976. The molecule has 1 rings (SSSR count). The first-order chi connectivity index (χ1) is 6.02.